The van der Waals surface area contributed by atoms with Gasteiger partial charge in [-0.15, -0.1) is 0 Å². The Balaban J connectivity index is 1.96. The van der Waals surface area contributed by atoms with Gasteiger partial charge in [0, 0.05) is 12.5 Å². The van der Waals surface area contributed by atoms with Crippen LogP contribution in [0, 0.1) is 0 Å². The highest BCUT2D eigenvalue weighted by molar-refractivity contribution is 5.86. The van der Waals surface area contributed by atoms with Gasteiger partial charge in [-0.3, -0.25) is 4.79 Å². The first-order valence-electron chi connectivity index (χ1n) is 8.36. The number of ether oxygens (including phenoxy) is 1. The molecule has 25 heavy (non-hydrogen) atoms. The van der Waals surface area contributed by atoms with Crippen LogP contribution < -0.4 is 10.6 Å². The molecule has 0 bridgehead atoms. The zero-order chi connectivity index (χ0) is 18.1. The largest absolute Gasteiger partial charge is 0.445 e. The zero-order valence-electron chi connectivity index (χ0n) is 14.6. The molecule has 0 saturated carbocycles. The second kappa shape index (κ2) is 9.47. The lowest BCUT2D eigenvalue weighted by molar-refractivity contribution is -0.123. The molecule has 0 aliphatic rings. The Bertz CT molecular complexity index is 672. The van der Waals surface area contributed by atoms with Crippen LogP contribution in [0.1, 0.15) is 25.0 Å². The van der Waals surface area contributed by atoms with Crippen LogP contribution in [0.4, 0.5) is 4.79 Å². The summed E-state index contributed by atoms with van der Waals surface area (Å²) in [6.45, 7) is 3.92. The summed E-state index contributed by atoms with van der Waals surface area (Å²) in [5, 5.41) is 5.50. The molecule has 1 atom stereocenters. The first-order valence-corrected chi connectivity index (χ1v) is 8.36. The molecule has 0 radical (unpaired) electrons. The first kappa shape index (κ1) is 18.5. The van der Waals surface area contributed by atoms with Gasteiger partial charge in [-0.25, -0.2) is 4.79 Å². The van der Waals surface area contributed by atoms with Crippen molar-refractivity contribution >= 4 is 12.0 Å². The summed E-state index contributed by atoms with van der Waals surface area (Å²) < 4.78 is 5.22. The van der Waals surface area contributed by atoms with Crippen LogP contribution >= 0.6 is 0 Å². The minimum atomic E-state index is -0.687. The van der Waals surface area contributed by atoms with Crippen molar-refractivity contribution in [2.45, 2.75) is 39.0 Å². The predicted octanol–water partition coefficient (Wildman–Crippen LogP) is 3.05. The first-order chi connectivity index (χ1) is 12.0. The van der Waals surface area contributed by atoms with Gasteiger partial charge in [-0.2, -0.15) is 0 Å². The van der Waals surface area contributed by atoms with E-state index in [1.54, 1.807) is 0 Å². The van der Waals surface area contributed by atoms with E-state index in [0.717, 1.165) is 11.1 Å². The van der Waals surface area contributed by atoms with Gasteiger partial charge in [0.1, 0.15) is 12.6 Å². The standard InChI is InChI=1S/C20H24N2O3/c1-15(2)21-19(23)18(13-16-9-5-3-6-10-16)22-20(24)25-14-17-11-7-4-8-12-17/h3-12,15,18H,13-14H2,1-2H3,(H,21,23)(H,22,24)/t18-/m1/s1. The molecule has 2 N–H and O–H groups in total. The van der Waals surface area contributed by atoms with E-state index in [1.165, 1.54) is 0 Å². The maximum atomic E-state index is 12.4. The average molecular weight is 340 g/mol. The van der Waals surface area contributed by atoms with Gasteiger partial charge in [0.15, 0.2) is 0 Å². The predicted molar refractivity (Wildman–Crippen MR) is 97.0 cm³/mol. The van der Waals surface area contributed by atoms with Crippen molar-refractivity contribution in [3.8, 4) is 0 Å². The number of carbonyl (C=O) groups excluding carboxylic acids is 2. The Hall–Kier alpha value is -2.82. The maximum absolute atomic E-state index is 12.4. The van der Waals surface area contributed by atoms with Crippen molar-refractivity contribution in [2.75, 3.05) is 0 Å². The summed E-state index contributed by atoms with van der Waals surface area (Å²) in [4.78, 5) is 24.5. The van der Waals surface area contributed by atoms with Crippen LogP contribution in [0.25, 0.3) is 0 Å². The topological polar surface area (TPSA) is 67.4 Å². The van der Waals surface area contributed by atoms with Gasteiger partial charge >= 0.3 is 6.09 Å². The fourth-order valence-electron chi connectivity index (χ4n) is 2.35. The van der Waals surface area contributed by atoms with E-state index in [0.29, 0.717) is 6.42 Å². The number of amides is 2. The van der Waals surface area contributed by atoms with E-state index in [2.05, 4.69) is 10.6 Å². The fourth-order valence-corrected chi connectivity index (χ4v) is 2.35. The third-order valence-corrected chi connectivity index (χ3v) is 3.53. The van der Waals surface area contributed by atoms with E-state index in [1.807, 2.05) is 74.5 Å². The van der Waals surface area contributed by atoms with Crippen LogP contribution in [0.5, 0.6) is 0 Å². The van der Waals surface area contributed by atoms with Gasteiger partial charge < -0.3 is 15.4 Å². The van der Waals surface area contributed by atoms with Crippen LogP contribution in [-0.2, 0) is 22.6 Å². The molecule has 2 amide bonds. The third kappa shape index (κ3) is 6.67. The van der Waals surface area contributed by atoms with Crippen molar-refractivity contribution < 1.29 is 14.3 Å². The third-order valence-electron chi connectivity index (χ3n) is 3.53. The van der Waals surface area contributed by atoms with Gasteiger partial charge in [0.05, 0.1) is 0 Å². The Morgan fingerprint density at radius 1 is 0.880 bits per heavy atom. The minimum absolute atomic E-state index is 0.00656. The van der Waals surface area contributed by atoms with Crippen LogP contribution in [-0.4, -0.2) is 24.1 Å². The fraction of sp³-hybridized carbons (Fsp3) is 0.300. The summed E-state index contributed by atoms with van der Waals surface area (Å²) in [5.41, 5.74) is 1.86. The quantitative estimate of drug-likeness (QED) is 0.814. The molecule has 2 aromatic rings. The highest BCUT2D eigenvalue weighted by Crippen LogP contribution is 2.05. The summed E-state index contributed by atoms with van der Waals surface area (Å²) in [6, 6.07) is 18.3. The van der Waals surface area contributed by atoms with E-state index in [9.17, 15) is 9.59 Å². The van der Waals surface area contributed by atoms with Crippen molar-refractivity contribution in [3.63, 3.8) is 0 Å². The second-order valence-corrected chi connectivity index (χ2v) is 6.11. The highest BCUT2D eigenvalue weighted by Gasteiger charge is 2.22. The molecule has 0 saturated heterocycles. The van der Waals surface area contributed by atoms with E-state index in [-0.39, 0.29) is 18.6 Å². The number of carbonyl (C=O) groups is 2. The summed E-state index contributed by atoms with van der Waals surface area (Å²) in [5.74, 6) is -0.226. The number of nitrogens with one attached hydrogen (secondary N) is 2. The minimum Gasteiger partial charge on any atom is -0.445 e. The van der Waals surface area contributed by atoms with Crippen molar-refractivity contribution in [1.82, 2.24) is 10.6 Å². The molecule has 0 fully saturated rings. The molecule has 0 aliphatic carbocycles. The summed E-state index contributed by atoms with van der Waals surface area (Å²) >= 11 is 0. The summed E-state index contributed by atoms with van der Waals surface area (Å²) in [6.07, 6.45) is -0.205. The molecule has 5 heteroatoms. The van der Waals surface area contributed by atoms with Crippen molar-refractivity contribution in [1.29, 1.82) is 0 Å². The van der Waals surface area contributed by atoms with Gasteiger partial charge in [-0.1, -0.05) is 60.7 Å². The van der Waals surface area contributed by atoms with Crippen LogP contribution in [0.2, 0.25) is 0 Å². The Morgan fingerprint density at radius 3 is 2.00 bits per heavy atom. The van der Waals surface area contributed by atoms with Gasteiger partial charge in [0.2, 0.25) is 5.91 Å². The lowest BCUT2D eigenvalue weighted by atomic mass is 10.1. The Kier molecular flexibility index (Phi) is 7.01. The molecule has 0 heterocycles. The van der Waals surface area contributed by atoms with Crippen molar-refractivity contribution in [3.05, 3.63) is 71.8 Å². The smallest absolute Gasteiger partial charge is 0.408 e. The molecule has 0 aliphatic heterocycles. The van der Waals surface area contributed by atoms with E-state index in [4.69, 9.17) is 4.74 Å². The molecule has 0 unspecified atom stereocenters. The maximum Gasteiger partial charge on any atom is 0.408 e. The molecule has 5 nitrogen and oxygen atoms in total. The van der Waals surface area contributed by atoms with Crippen LogP contribution in [0.3, 0.4) is 0 Å². The Labute approximate surface area is 148 Å². The van der Waals surface area contributed by atoms with Crippen LogP contribution in [0.15, 0.2) is 60.7 Å². The number of benzene rings is 2. The number of rotatable bonds is 7. The Morgan fingerprint density at radius 2 is 1.44 bits per heavy atom. The number of hydrogen-bond acceptors (Lipinski definition) is 3. The SMILES string of the molecule is CC(C)NC(=O)[C@@H](Cc1ccccc1)NC(=O)OCc1ccccc1. The molecule has 2 aromatic carbocycles. The monoisotopic (exact) mass is 340 g/mol. The normalized spacial score (nSPS) is 11.6. The highest BCUT2D eigenvalue weighted by atomic mass is 16.5. The van der Waals surface area contributed by atoms with Gasteiger partial charge in [-0.05, 0) is 25.0 Å². The lowest BCUT2D eigenvalue weighted by Gasteiger charge is -2.20. The van der Waals surface area contributed by atoms with E-state index >= 15 is 0 Å². The molecule has 132 valence electrons. The molecule has 0 aromatic heterocycles. The number of alkyl carbamates (subject to hydrolysis) is 1. The van der Waals surface area contributed by atoms with E-state index < -0.39 is 12.1 Å². The molecule has 2 rings (SSSR count). The van der Waals surface area contributed by atoms with Gasteiger partial charge in [0.25, 0.3) is 0 Å². The summed E-state index contributed by atoms with van der Waals surface area (Å²) in [7, 11) is 0. The van der Waals surface area contributed by atoms with Crippen molar-refractivity contribution in [2.24, 2.45) is 0 Å². The molecule has 0 spiro atoms. The zero-order valence-corrected chi connectivity index (χ0v) is 14.6. The number of hydrogen-bond donors (Lipinski definition) is 2. The average Bonchev–Trinajstić information content (AvgIpc) is 2.60. The molecular weight excluding hydrogens is 316 g/mol. The molecular formula is C20H24N2O3. The second-order valence-electron chi connectivity index (χ2n) is 6.11. The lowest BCUT2D eigenvalue weighted by Crippen LogP contribution is -2.49.